The third-order valence-corrected chi connectivity index (χ3v) is 9.43. The van der Waals surface area contributed by atoms with Gasteiger partial charge in [-0.2, -0.15) is 0 Å². The minimum Gasteiger partial charge on any atom is -0.367 e. The van der Waals surface area contributed by atoms with Crippen LogP contribution >= 0.6 is 0 Å². The molecule has 0 radical (unpaired) electrons. The van der Waals surface area contributed by atoms with Gasteiger partial charge in [-0.1, -0.05) is 95.6 Å². The lowest BCUT2D eigenvalue weighted by Crippen LogP contribution is -2.56. The molecule has 3 saturated carbocycles. The minimum atomic E-state index is 0.308. The molecule has 4 atom stereocenters. The van der Waals surface area contributed by atoms with Crippen LogP contribution < -0.4 is 0 Å². The highest BCUT2D eigenvalue weighted by Crippen LogP contribution is 2.64. The summed E-state index contributed by atoms with van der Waals surface area (Å²) >= 11 is 0. The zero-order valence-electron chi connectivity index (χ0n) is 21.9. The summed E-state index contributed by atoms with van der Waals surface area (Å²) in [6.07, 6.45) is 23.0. The van der Waals surface area contributed by atoms with Gasteiger partial charge in [0, 0.05) is 30.1 Å². The first-order chi connectivity index (χ1) is 15.8. The van der Waals surface area contributed by atoms with Gasteiger partial charge in [0.15, 0.2) is 0 Å². The maximum Gasteiger partial charge on any atom is 0.0434 e. The minimum absolute atomic E-state index is 0.308. The fourth-order valence-corrected chi connectivity index (χ4v) is 7.69. The van der Waals surface area contributed by atoms with Crippen LogP contribution in [0.4, 0.5) is 0 Å². The van der Waals surface area contributed by atoms with Crippen LogP contribution in [0, 0.1) is 35.0 Å². The maximum absolute atomic E-state index is 4.48. The van der Waals surface area contributed by atoms with E-state index in [0.29, 0.717) is 29.2 Å². The van der Waals surface area contributed by atoms with Crippen LogP contribution in [0.15, 0.2) is 72.0 Å². The van der Waals surface area contributed by atoms with E-state index in [1.54, 1.807) is 0 Å². The van der Waals surface area contributed by atoms with Crippen molar-refractivity contribution in [3.8, 4) is 0 Å². The van der Waals surface area contributed by atoms with Gasteiger partial charge in [-0.05, 0) is 73.5 Å². The normalized spacial score (nSPS) is 36.3. The Hall–Kier alpha value is -1.76. The van der Waals surface area contributed by atoms with Gasteiger partial charge in [-0.3, -0.25) is 0 Å². The predicted octanol–water partition coefficient (Wildman–Crippen LogP) is 8.64. The summed E-state index contributed by atoms with van der Waals surface area (Å²) in [7, 11) is 0. The summed E-state index contributed by atoms with van der Waals surface area (Å²) in [6.45, 7) is 21.7. The molecule has 0 amide bonds. The van der Waals surface area contributed by atoms with Gasteiger partial charge in [0.25, 0.3) is 0 Å². The fourth-order valence-electron chi connectivity index (χ4n) is 7.69. The number of fused-ring (bicyclic) bond motifs is 4. The molecule has 3 aliphatic carbocycles. The summed E-state index contributed by atoms with van der Waals surface area (Å²) < 4.78 is 0. The van der Waals surface area contributed by atoms with Crippen molar-refractivity contribution in [2.24, 2.45) is 35.0 Å². The predicted molar refractivity (Wildman–Crippen MR) is 144 cm³/mol. The van der Waals surface area contributed by atoms with E-state index in [0.717, 1.165) is 24.8 Å². The molecule has 180 valence electrons. The number of rotatable bonds is 6. The van der Waals surface area contributed by atoms with Crippen LogP contribution in [0.3, 0.4) is 0 Å². The molecule has 0 aromatic carbocycles. The Labute approximate surface area is 204 Å². The van der Waals surface area contributed by atoms with E-state index in [4.69, 9.17) is 0 Å². The number of hydrogen-bond acceptors (Lipinski definition) is 1. The molecule has 0 aromatic heterocycles. The van der Waals surface area contributed by atoms with Crippen molar-refractivity contribution in [2.45, 2.75) is 85.6 Å². The van der Waals surface area contributed by atoms with Gasteiger partial charge >= 0.3 is 0 Å². The molecular formula is C32H47N. The molecule has 0 bridgehead atoms. The molecule has 33 heavy (non-hydrogen) atoms. The van der Waals surface area contributed by atoms with Crippen molar-refractivity contribution >= 4 is 0 Å². The maximum atomic E-state index is 4.48. The lowest BCUT2D eigenvalue weighted by molar-refractivity contribution is 0.00269. The van der Waals surface area contributed by atoms with E-state index < -0.39 is 0 Å². The largest absolute Gasteiger partial charge is 0.367 e. The standard InChI is InChI=1S/C32H47N/c1-8-11-19-26-23(5)20-27-29-25(10-3)28(14-9-2)33(31(29)30(26)27)21-32(6,7)24-17-12-15-22(4)16-13-18-24/h8-11,14,19,22,24,27,29-31H,3,5,12-13,15-18,20-21H2,1-2,4,6-7H3/b11-8-,14-9-,26-19+. The molecule has 4 rings (SSSR count). The Morgan fingerprint density at radius 3 is 2.33 bits per heavy atom. The van der Waals surface area contributed by atoms with E-state index in [1.165, 1.54) is 60.9 Å². The van der Waals surface area contributed by atoms with E-state index in [-0.39, 0.29) is 0 Å². The summed E-state index contributed by atoms with van der Waals surface area (Å²) in [5.74, 6) is 3.66. The molecule has 1 heteroatoms. The highest BCUT2D eigenvalue weighted by atomic mass is 15.2. The van der Waals surface area contributed by atoms with E-state index in [9.17, 15) is 0 Å². The monoisotopic (exact) mass is 445 g/mol. The summed E-state index contributed by atoms with van der Waals surface area (Å²) in [5.41, 5.74) is 6.11. The molecule has 0 saturated heterocycles. The van der Waals surface area contributed by atoms with Crippen LogP contribution in [0.25, 0.3) is 0 Å². The Balaban J connectivity index is 1.64. The molecule has 1 heterocycles. The van der Waals surface area contributed by atoms with Crippen molar-refractivity contribution in [2.75, 3.05) is 6.54 Å². The number of nitrogens with zero attached hydrogens (tertiary/aromatic N) is 1. The van der Waals surface area contributed by atoms with E-state index in [2.05, 4.69) is 89.1 Å². The van der Waals surface area contributed by atoms with Gasteiger partial charge in [0.1, 0.15) is 0 Å². The Kier molecular flexibility index (Phi) is 7.27. The average molecular weight is 446 g/mol. The second-order valence-electron chi connectivity index (χ2n) is 12.0. The Morgan fingerprint density at radius 1 is 1.03 bits per heavy atom. The summed E-state index contributed by atoms with van der Waals surface area (Å²) in [4.78, 5) is 2.81. The zero-order valence-corrected chi connectivity index (χ0v) is 21.9. The highest BCUT2D eigenvalue weighted by Gasteiger charge is 2.62. The van der Waals surface area contributed by atoms with Crippen LogP contribution in [0.2, 0.25) is 0 Å². The fraction of sp³-hybridized carbons (Fsp3) is 0.625. The van der Waals surface area contributed by atoms with Crippen LogP contribution in [-0.4, -0.2) is 17.5 Å². The summed E-state index contributed by atoms with van der Waals surface area (Å²) in [6, 6.07) is 0.567. The first-order valence-corrected chi connectivity index (χ1v) is 13.6. The third-order valence-electron chi connectivity index (χ3n) is 9.43. The summed E-state index contributed by atoms with van der Waals surface area (Å²) in [5, 5.41) is 0. The number of allylic oxidation sites excluding steroid dienone is 7. The van der Waals surface area contributed by atoms with Gasteiger partial charge in [-0.15, -0.1) is 0 Å². The SMILES string of the molecule is C=CC1=C(/C=C\C)N(CC(C)(C)C2CCCC(C)CCC2)C2C1C1CC(=C)/C(=C\C=C/C)C12. The van der Waals surface area contributed by atoms with Crippen LogP contribution in [0.5, 0.6) is 0 Å². The van der Waals surface area contributed by atoms with Crippen molar-refractivity contribution in [1.82, 2.24) is 4.90 Å². The molecule has 3 fully saturated rings. The lowest BCUT2D eigenvalue weighted by Gasteiger charge is -2.52. The smallest absolute Gasteiger partial charge is 0.0434 e. The quantitative estimate of drug-likeness (QED) is 0.395. The molecule has 0 aromatic rings. The Morgan fingerprint density at radius 2 is 1.73 bits per heavy atom. The van der Waals surface area contributed by atoms with Crippen molar-refractivity contribution in [3.63, 3.8) is 0 Å². The Bertz CT molecular complexity index is 868. The van der Waals surface area contributed by atoms with Gasteiger partial charge in [0.05, 0.1) is 0 Å². The van der Waals surface area contributed by atoms with E-state index in [1.807, 2.05) is 0 Å². The number of hydrogen-bond donors (Lipinski definition) is 0. The van der Waals surface area contributed by atoms with Gasteiger partial charge < -0.3 is 4.90 Å². The molecule has 0 N–H and O–H groups in total. The third kappa shape index (κ3) is 4.38. The molecule has 1 nitrogen and oxygen atoms in total. The van der Waals surface area contributed by atoms with Crippen LogP contribution in [0.1, 0.15) is 79.6 Å². The lowest BCUT2D eigenvalue weighted by atomic mass is 9.59. The van der Waals surface area contributed by atoms with Crippen molar-refractivity contribution in [3.05, 3.63) is 72.0 Å². The van der Waals surface area contributed by atoms with Gasteiger partial charge in [-0.25, -0.2) is 0 Å². The van der Waals surface area contributed by atoms with Crippen molar-refractivity contribution < 1.29 is 0 Å². The van der Waals surface area contributed by atoms with Gasteiger partial charge in [0.2, 0.25) is 0 Å². The molecule has 4 unspecified atom stereocenters. The first kappa shape index (κ1) is 24.4. The molecule has 0 spiro atoms. The average Bonchev–Trinajstić information content (AvgIpc) is 3.15. The molecule has 1 aliphatic heterocycles. The second kappa shape index (κ2) is 9.85. The topological polar surface area (TPSA) is 3.24 Å². The first-order valence-electron chi connectivity index (χ1n) is 13.6. The molecule has 4 aliphatic rings. The second-order valence-corrected chi connectivity index (χ2v) is 12.0. The van der Waals surface area contributed by atoms with Crippen LogP contribution in [-0.2, 0) is 0 Å². The van der Waals surface area contributed by atoms with E-state index >= 15 is 0 Å². The highest BCUT2D eigenvalue weighted by molar-refractivity contribution is 5.52. The molecular weight excluding hydrogens is 398 g/mol. The van der Waals surface area contributed by atoms with Crippen molar-refractivity contribution in [1.29, 1.82) is 0 Å². The zero-order chi connectivity index (χ0) is 23.8.